The van der Waals surface area contributed by atoms with Crippen LogP contribution in [0.2, 0.25) is 0 Å². The highest BCUT2D eigenvalue weighted by atomic mass is 79.9. The van der Waals surface area contributed by atoms with Gasteiger partial charge < -0.3 is 9.32 Å². The quantitative estimate of drug-likeness (QED) is 0.472. The van der Waals surface area contributed by atoms with Gasteiger partial charge in [0.15, 0.2) is 10.4 Å². The van der Waals surface area contributed by atoms with Crippen LogP contribution in [0.4, 0.5) is 4.39 Å². The van der Waals surface area contributed by atoms with Gasteiger partial charge in [0.1, 0.15) is 5.82 Å². The average Bonchev–Trinajstić information content (AvgIpc) is 3.31. The highest BCUT2D eigenvalue weighted by molar-refractivity contribution is 9.10. The summed E-state index contributed by atoms with van der Waals surface area (Å²) in [6.45, 7) is 7.60. The summed E-state index contributed by atoms with van der Waals surface area (Å²) in [4.78, 5) is 16.2. The SMILES string of the molecule is Cc1cc(F)ccc1[C@H](C)n1cc(CN(C)CCN(C)C(=O)c2cc(C)c(Br)o2)nn1. The molecule has 1 atom stereocenters. The molecule has 0 N–H and O–H groups in total. The number of nitrogens with zero attached hydrogens (tertiary/aromatic N) is 5. The van der Waals surface area contributed by atoms with E-state index in [2.05, 4.69) is 31.1 Å². The van der Waals surface area contributed by atoms with Gasteiger partial charge in [0.25, 0.3) is 5.91 Å². The molecule has 0 spiro atoms. The summed E-state index contributed by atoms with van der Waals surface area (Å²) in [5, 5.41) is 8.52. The van der Waals surface area contributed by atoms with Crippen LogP contribution in [0.25, 0.3) is 0 Å². The molecule has 166 valence electrons. The van der Waals surface area contributed by atoms with Crippen LogP contribution in [0.3, 0.4) is 0 Å². The lowest BCUT2D eigenvalue weighted by Crippen LogP contribution is -2.34. The van der Waals surface area contributed by atoms with Gasteiger partial charge in [-0.3, -0.25) is 9.69 Å². The third-order valence-electron chi connectivity index (χ3n) is 5.30. The number of likely N-dealkylation sites (N-methyl/N-ethyl adjacent to an activating group) is 2. The Morgan fingerprint density at radius 1 is 1.23 bits per heavy atom. The molecule has 1 amide bonds. The molecule has 1 aromatic carbocycles. The molecule has 0 radical (unpaired) electrons. The predicted molar refractivity (Wildman–Crippen MR) is 119 cm³/mol. The number of halogens is 2. The molecule has 0 aliphatic heterocycles. The maximum absolute atomic E-state index is 13.4. The third-order valence-corrected chi connectivity index (χ3v) is 6.09. The topological polar surface area (TPSA) is 67.4 Å². The number of benzene rings is 1. The number of aromatic nitrogens is 3. The van der Waals surface area contributed by atoms with Gasteiger partial charge in [-0.05, 0) is 73.1 Å². The van der Waals surface area contributed by atoms with Crippen LogP contribution in [0.15, 0.2) is 39.5 Å². The standard InChI is InChI=1S/C22H27BrFN5O2/c1-14-10-17(24)6-7-19(14)16(3)29-13-18(25-26-29)12-27(4)8-9-28(5)22(30)20-11-15(2)21(23)31-20/h6-7,10-11,13,16H,8-9,12H2,1-5H3/t16-/m0/s1. The summed E-state index contributed by atoms with van der Waals surface area (Å²) in [5.74, 6) is -0.0770. The average molecular weight is 492 g/mol. The molecule has 0 aliphatic rings. The Bertz CT molecular complexity index is 1040. The van der Waals surface area contributed by atoms with E-state index >= 15 is 0 Å². The van der Waals surface area contributed by atoms with Gasteiger partial charge in [-0.2, -0.15) is 0 Å². The van der Waals surface area contributed by atoms with E-state index < -0.39 is 0 Å². The highest BCUT2D eigenvalue weighted by Gasteiger charge is 2.18. The Labute approximate surface area is 189 Å². The first kappa shape index (κ1) is 23.1. The van der Waals surface area contributed by atoms with E-state index in [0.717, 1.165) is 22.4 Å². The lowest BCUT2D eigenvalue weighted by Gasteiger charge is -2.20. The Balaban J connectivity index is 1.54. The maximum Gasteiger partial charge on any atom is 0.289 e. The zero-order valence-corrected chi connectivity index (χ0v) is 20.0. The first-order valence-electron chi connectivity index (χ1n) is 10.0. The number of aryl methyl sites for hydroxylation is 2. The van der Waals surface area contributed by atoms with Crippen LogP contribution in [0.1, 0.15) is 45.9 Å². The van der Waals surface area contributed by atoms with Crippen LogP contribution < -0.4 is 0 Å². The first-order chi connectivity index (χ1) is 14.7. The summed E-state index contributed by atoms with van der Waals surface area (Å²) in [7, 11) is 3.73. The van der Waals surface area contributed by atoms with Gasteiger partial charge in [-0.1, -0.05) is 11.3 Å². The van der Waals surface area contributed by atoms with E-state index in [1.807, 2.05) is 34.0 Å². The summed E-state index contributed by atoms with van der Waals surface area (Å²) in [5.41, 5.74) is 3.61. The van der Waals surface area contributed by atoms with Crippen molar-refractivity contribution in [2.75, 3.05) is 27.2 Å². The van der Waals surface area contributed by atoms with Crippen molar-refractivity contribution in [3.8, 4) is 0 Å². The molecule has 2 heterocycles. The van der Waals surface area contributed by atoms with Crippen LogP contribution in [0, 0.1) is 19.7 Å². The van der Waals surface area contributed by atoms with Gasteiger partial charge in [-0.25, -0.2) is 9.07 Å². The molecule has 0 aliphatic carbocycles. The van der Waals surface area contributed by atoms with Crippen molar-refractivity contribution in [2.24, 2.45) is 0 Å². The molecule has 3 rings (SSSR count). The fraction of sp³-hybridized carbons (Fsp3) is 0.409. The number of rotatable bonds is 8. The number of hydrogen-bond donors (Lipinski definition) is 0. The lowest BCUT2D eigenvalue weighted by atomic mass is 10.0. The number of amides is 1. The van der Waals surface area contributed by atoms with Gasteiger partial charge in [-0.15, -0.1) is 5.10 Å². The second kappa shape index (κ2) is 9.74. The fourth-order valence-electron chi connectivity index (χ4n) is 3.36. The van der Waals surface area contributed by atoms with E-state index in [1.54, 1.807) is 28.8 Å². The zero-order valence-electron chi connectivity index (χ0n) is 18.4. The molecule has 0 saturated heterocycles. The van der Waals surface area contributed by atoms with Crippen molar-refractivity contribution >= 4 is 21.8 Å². The van der Waals surface area contributed by atoms with Crippen molar-refractivity contribution in [2.45, 2.75) is 33.4 Å². The number of hydrogen-bond acceptors (Lipinski definition) is 5. The normalized spacial score (nSPS) is 12.4. The summed E-state index contributed by atoms with van der Waals surface area (Å²) >= 11 is 3.29. The fourth-order valence-corrected chi connectivity index (χ4v) is 3.65. The second-order valence-corrected chi connectivity index (χ2v) is 8.62. The molecule has 0 bridgehead atoms. The molecule has 0 fully saturated rings. The smallest absolute Gasteiger partial charge is 0.289 e. The highest BCUT2D eigenvalue weighted by Crippen LogP contribution is 2.22. The molecule has 2 aromatic heterocycles. The van der Waals surface area contributed by atoms with E-state index in [0.29, 0.717) is 30.1 Å². The molecule has 0 unspecified atom stereocenters. The van der Waals surface area contributed by atoms with Gasteiger partial charge in [0.05, 0.1) is 17.9 Å². The third kappa shape index (κ3) is 5.59. The van der Waals surface area contributed by atoms with Crippen molar-refractivity contribution in [1.82, 2.24) is 24.8 Å². The van der Waals surface area contributed by atoms with Gasteiger partial charge >= 0.3 is 0 Å². The van der Waals surface area contributed by atoms with Gasteiger partial charge in [0, 0.05) is 32.2 Å². The van der Waals surface area contributed by atoms with Crippen molar-refractivity contribution in [3.05, 3.63) is 69.1 Å². The Morgan fingerprint density at radius 2 is 1.97 bits per heavy atom. The molecule has 9 heteroatoms. The molecule has 31 heavy (non-hydrogen) atoms. The van der Waals surface area contributed by atoms with E-state index in [9.17, 15) is 9.18 Å². The molecular weight excluding hydrogens is 465 g/mol. The van der Waals surface area contributed by atoms with Crippen molar-refractivity contribution in [3.63, 3.8) is 0 Å². The Kier molecular flexibility index (Phi) is 7.27. The second-order valence-electron chi connectivity index (χ2n) is 7.90. The molecule has 3 aromatic rings. The van der Waals surface area contributed by atoms with E-state index in [-0.39, 0.29) is 17.8 Å². The summed E-state index contributed by atoms with van der Waals surface area (Å²) in [6.07, 6.45) is 1.90. The van der Waals surface area contributed by atoms with Crippen LogP contribution in [0.5, 0.6) is 0 Å². The minimum absolute atomic E-state index is 0.0491. The van der Waals surface area contributed by atoms with Gasteiger partial charge in [0.2, 0.25) is 0 Å². The summed E-state index contributed by atoms with van der Waals surface area (Å²) in [6, 6.07) is 6.46. The maximum atomic E-state index is 13.4. The van der Waals surface area contributed by atoms with Crippen LogP contribution >= 0.6 is 15.9 Å². The summed E-state index contributed by atoms with van der Waals surface area (Å²) < 4.78 is 21.2. The van der Waals surface area contributed by atoms with Crippen LogP contribution in [-0.4, -0.2) is 57.9 Å². The minimum Gasteiger partial charge on any atom is -0.444 e. The molecular formula is C22H27BrFN5O2. The first-order valence-corrected chi connectivity index (χ1v) is 10.8. The Hall–Kier alpha value is -2.52. The number of furan rings is 1. The molecule has 7 nitrogen and oxygen atoms in total. The number of carbonyl (C=O) groups excluding carboxylic acids is 1. The molecule has 0 saturated carbocycles. The van der Waals surface area contributed by atoms with E-state index in [4.69, 9.17) is 4.42 Å². The largest absolute Gasteiger partial charge is 0.444 e. The minimum atomic E-state index is -0.243. The lowest BCUT2D eigenvalue weighted by molar-refractivity contribution is 0.0748. The zero-order chi connectivity index (χ0) is 22.7. The van der Waals surface area contributed by atoms with Crippen molar-refractivity contribution < 1.29 is 13.6 Å². The Morgan fingerprint density at radius 3 is 2.61 bits per heavy atom. The van der Waals surface area contributed by atoms with E-state index in [1.165, 1.54) is 12.1 Å². The van der Waals surface area contributed by atoms with Crippen LogP contribution in [-0.2, 0) is 6.54 Å². The number of carbonyl (C=O) groups is 1. The predicted octanol–water partition coefficient (Wildman–Crippen LogP) is 4.20. The monoisotopic (exact) mass is 491 g/mol. The van der Waals surface area contributed by atoms with Crippen molar-refractivity contribution in [1.29, 1.82) is 0 Å².